The first-order valence-electron chi connectivity index (χ1n) is 8.61. The molecule has 10 heteroatoms. The molecule has 0 N–H and O–H groups in total. The first-order chi connectivity index (χ1) is 13.4. The standard InChI is InChI=1S/C18H17ClN6O3/c1-11(12-3-5-13(19)6-4-12)7-25-18(27)28-14(22-25)8-24-10-21-16-15(17(24)26)23(2)9-20-16/h3-6,9-11H,7-8H2,1-2H3. The molecule has 0 aliphatic rings. The summed E-state index contributed by atoms with van der Waals surface area (Å²) in [5.74, 6) is -0.403. The highest BCUT2D eigenvalue weighted by molar-refractivity contribution is 6.30. The Morgan fingerprint density at radius 2 is 1.86 bits per heavy atom. The van der Waals surface area contributed by atoms with E-state index in [4.69, 9.17) is 16.0 Å². The number of hydrogen-bond acceptors (Lipinski definition) is 6. The van der Waals surface area contributed by atoms with E-state index in [-0.39, 0.29) is 23.9 Å². The average molecular weight is 401 g/mol. The van der Waals surface area contributed by atoms with Gasteiger partial charge in [-0.25, -0.2) is 14.8 Å². The second-order valence-corrected chi connectivity index (χ2v) is 7.04. The minimum absolute atomic E-state index is 0.00448. The Labute approximate surface area is 163 Å². The molecule has 0 aliphatic heterocycles. The molecule has 3 aromatic heterocycles. The van der Waals surface area contributed by atoms with Crippen LogP contribution in [-0.4, -0.2) is 28.9 Å². The molecular formula is C18H17ClN6O3. The van der Waals surface area contributed by atoms with Crippen LogP contribution in [0.5, 0.6) is 0 Å². The van der Waals surface area contributed by atoms with E-state index in [0.29, 0.717) is 22.7 Å². The van der Waals surface area contributed by atoms with Crippen LogP contribution in [0.1, 0.15) is 24.3 Å². The summed E-state index contributed by atoms with van der Waals surface area (Å²) in [6.07, 6.45) is 2.89. The Kier molecular flexibility index (Phi) is 4.60. The van der Waals surface area contributed by atoms with Crippen molar-refractivity contribution in [2.24, 2.45) is 7.05 Å². The number of rotatable bonds is 5. The van der Waals surface area contributed by atoms with Crippen LogP contribution in [-0.2, 0) is 20.1 Å². The van der Waals surface area contributed by atoms with E-state index in [9.17, 15) is 9.59 Å². The van der Waals surface area contributed by atoms with Gasteiger partial charge in [0.1, 0.15) is 12.9 Å². The van der Waals surface area contributed by atoms with Gasteiger partial charge < -0.3 is 8.98 Å². The van der Waals surface area contributed by atoms with Crippen molar-refractivity contribution in [3.63, 3.8) is 0 Å². The Morgan fingerprint density at radius 3 is 2.61 bits per heavy atom. The number of fused-ring (bicyclic) bond motifs is 1. The Bertz CT molecular complexity index is 1250. The van der Waals surface area contributed by atoms with Crippen LogP contribution in [0.4, 0.5) is 0 Å². The van der Waals surface area contributed by atoms with E-state index >= 15 is 0 Å². The van der Waals surface area contributed by atoms with Gasteiger partial charge in [0.2, 0.25) is 5.89 Å². The van der Waals surface area contributed by atoms with Gasteiger partial charge in [-0.2, -0.15) is 4.68 Å². The molecule has 144 valence electrons. The first kappa shape index (κ1) is 18.2. The zero-order valence-electron chi connectivity index (χ0n) is 15.2. The predicted octanol–water partition coefficient (Wildman–Crippen LogP) is 1.79. The molecule has 3 heterocycles. The number of benzene rings is 1. The van der Waals surface area contributed by atoms with Crippen molar-refractivity contribution < 1.29 is 4.42 Å². The highest BCUT2D eigenvalue weighted by atomic mass is 35.5. The van der Waals surface area contributed by atoms with Crippen molar-refractivity contribution in [1.29, 1.82) is 0 Å². The van der Waals surface area contributed by atoms with Crippen LogP contribution >= 0.6 is 11.6 Å². The quantitative estimate of drug-likeness (QED) is 0.506. The predicted molar refractivity (Wildman–Crippen MR) is 103 cm³/mol. The number of nitrogens with zero attached hydrogens (tertiary/aromatic N) is 6. The zero-order chi connectivity index (χ0) is 19.8. The lowest BCUT2D eigenvalue weighted by molar-refractivity contribution is 0.428. The fraction of sp³-hybridized carbons (Fsp3) is 0.278. The molecule has 0 radical (unpaired) electrons. The van der Waals surface area contributed by atoms with Gasteiger partial charge in [-0.1, -0.05) is 30.7 Å². The van der Waals surface area contributed by atoms with Crippen molar-refractivity contribution >= 4 is 22.8 Å². The number of halogens is 1. The molecule has 0 bridgehead atoms. The van der Waals surface area contributed by atoms with Crippen LogP contribution < -0.4 is 11.3 Å². The third-order valence-electron chi connectivity index (χ3n) is 4.54. The van der Waals surface area contributed by atoms with E-state index in [0.717, 1.165) is 5.56 Å². The largest absolute Gasteiger partial charge is 0.437 e. The van der Waals surface area contributed by atoms with E-state index in [1.165, 1.54) is 21.9 Å². The van der Waals surface area contributed by atoms with Crippen LogP contribution in [0.15, 0.2) is 50.9 Å². The molecule has 0 saturated carbocycles. The van der Waals surface area contributed by atoms with Crippen LogP contribution in [0.2, 0.25) is 5.02 Å². The average Bonchev–Trinajstić information content (AvgIpc) is 3.21. The monoisotopic (exact) mass is 400 g/mol. The second kappa shape index (κ2) is 7.08. The minimum atomic E-state index is -0.571. The number of aromatic nitrogens is 6. The lowest BCUT2D eigenvalue weighted by Gasteiger charge is -2.10. The van der Waals surface area contributed by atoms with Crippen molar-refractivity contribution in [2.75, 3.05) is 0 Å². The van der Waals surface area contributed by atoms with Gasteiger partial charge in [0.05, 0.1) is 12.9 Å². The summed E-state index contributed by atoms with van der Waals surface area (Å²) >= 11 is 5.91. The van der Waals surface area contributed by atoms with Gasteiger partial charge in [-0.3, -0.25) is 9.36 Å². The highest BCUT2D eigenvalue weighted by Crippen LogP contribution is 2.19. The summed E-state index contributed by atoms with van der Waals surface area (Å²) < 4.78 is 9.41. The molecule has 1 unspecified atom stereocenters. The van der Waals surface area contributed by atoms with Gasteiger partial charge in [0.15, 0.2) is 11.2 Å². The molecular weight excluding hydrogens is 384 g/mol. The van der Waals surface area contributed by atoms with E-state index in [1.807, 2.05) is 19.1 Å². The van der Waals surface area contributed by atoms with Crippen molar-refractivity contribution in [3.8, 4) is 0 Å². The third kappa shape index (κ3) is 3.36. The van der Waals surface area contributed by atoms with E-state index in [1.54, 1.807) is 23.7 Å². The molecule has 0 fully saturated rings. The van der Waals surface area contributed by atoms with Crippen LogP contribution in [0, 0.1) is 0 Å². The molecule has 28 heavy (non-hydrogen) atoms. The lowest BCUT2D eigenvalue weighted by atomic mass is 10.0. The molecule has 1 aromatic carbocycles. The summed E-state index contributed by atoms with van der Waals surface area (Å²) in [4.78, 5) is 32.9. The maximum atomic E-state index is 12.6. The molecule has 0 saturated heterocycles. The number of hydrogen-bond donors (Lipinski definition) is 0. The van der Waals surface area contributed by atoms with Gasteiger partial charge in [0, 0.05) is 18.0 Å². The summed E-state index contributed by atoms with van der Waals surface area (Å²) in [7, 11) is 1.72. The summed E-state index contributed by atoms with van der Waals surface area (Å²) in [6, 6.07) is 7.43. The Hall–Kier alpha value is -3.20. The summed E-state index contributed by atoms with van der Waals surface area (Å²) in [5, 5.41) is 4.87. The zero-order valence-corrected chi connectivity index (χ0v) is 16.0. The van der Waals surface area contributed by atoms with Gasteiger partial charge in [-0.15, -0.1) is 5.10 Å². The molecule has 4 rings (SSSR count). The molecule has 9 nitrogen and oxygen atoms in total. The van der Waals surface area contributed by atoms with E-state index < -0.39 is 5.76 Å². The SMILES string of the molecule is CC(Cn1nc(Cn2cnc3ncn(C)c3c2=O)oc1=O)c1ccc(Cl)cc1. The fourth-order valence-electron chi connectivity index (χ4n) is 3.01. The van der Waals surface area contributed by atoms with Crippen molar-refractivity contribution in [1.82, 2.24) is 28.9 Å². The van der Waals surface area contributed by atoms with E-state index in [2.05, 4.69) is 15.1 Å². The van der Waals surface area contributed by atoms with Gasteiger partial charge >= 0.3 is 5.76 Å². The Morgan fingerprint density at radius 1 is 1.14 bits per heavy atom. The maximum absolute atomic E-state index is 12.6. The fourth-order valence-corrected chi connectivity index (χ4v) is 3.14. The maximum Gasteiger partial charge on any atom is 0.437 e. The molecule has 4 aromatic rings. The Balaban J connectivity index is 1.57. The molecule has 1 atom stereocenters. The van der Waals surface area contributed by atoms with Crippen LogP contribution in [0.25, 0.3) is 11.2 Å². The van der Waals surface area contributed by atoms with Gasteiger partial charge in [0.25, 0.3) is 5.56 Å². The first-order valence-corrected chi connectivity index (χ1v) is 8.99. The minimum Gasteiger partial charge on any atom is -0.390 e. The molecule has 0 spiro atoms. The normalized spacial score (nSPS) is 12.5. The van der Waals surface area contributed by atoms with Crippen LogP contribution in [0.3, 0.4) is 0 Å². The molecule has 0 aliphatic carbocycles. The number of aryl methyl sites for hydroxylation is 1. The second-order valence-electron chi connectivity index (χ2n) is 6.60. The smallest absolute Gasteiger partial charge is 0.390 e. The summed E-state index contributed by atoms with van der Waals surface area (Å²) in [6.45, 7) is 2.33. The lowest BCUT2D eigenvalue weighted by Crippen LogP contribution is -2.23. The van der Waals surface area contributed by atoms with Crippen molar-refractivity contribution in [3.05, 3.63) is 74.3 Å². The number of imidazole rings is 1. The summed E-state index contributed by atoms with van der Waals surface area (Å²) in [5.41, 5.74) is 1.49. The molecule has 0 amide bonds. The topological polar surface area (TPSA) is 101 Å². The highest BCUT2D eigenvalue weighted by Gasteiger charge is 2.15. The van der Waals surface area contributed by atoms with Gasteiger partial charge in [-0.05, 0) is 17.7 Å². The third-order valence-corrected chi connectivity index (χ3v) is 4.79. The van der Waals surface area contributed by atoms with Crippen molar-refractivity contribution in [2.45, 2.75) is 25.9 Å².